The fourth-order valence-electron chi connectivity index (χ4n) is 3.09. The van der Waals surface area contributed by atoms with Gasteiger partial charge in [-0.05, 0) is 32.1 Å². The average molecular weight is 324 g/mol. The van der Waals surface area contributed by atoms with Crippen LogP contribution in [-0.2, 0) is 14.3 Å². The molecule has 1 rings (SSSR count). The molecule has 132 valence electrons. The highest BCUT2D eigenvalue weighted by atomic mass is 16.5. The van der Waals surface area contributed by atoms with Gasteiger partial charge in [0.2, 0.25) is 0 Å². The van der Waals surface area contributed by atoms with Crippen LogP contribution in [0.4, 0.5) is 0 Å². The summed E-state index contributed by atoms with van der Waals surface area (Å²) in [6.07, 6.45) is 13.1. The molecule has 1 aliphatic rings. The van der Waals surface area contributed by atoms with Gasteiger partial charge in [0.25, 0.3) is 0 Å². The van der Waals surface area contributed by atoms with Gasteiger partial charge in [-0.3, -0.25) is 9.59 Å². The van der Waals surface area contributed by atoms with Gasteiger partial charge in [-0.25, -0.2) is 0 Å². The molecule has 4 heteroatoms. The summed E-state index contributed by atoms with van der Waals surface area (Å²) < 4.78 is 5.72. The van der Waals surface area contributed by atoms with Crippen LogP contribution in [0.15, 0.2) is 12.2 Å². The van der Waals surface area contributed by atoms with Crippen LogP contribution >= 0.6 is 0 Å². The first-order valence-electron chi connectivity index (χ1n) is 9.18. The van der Waals surface area contributed by atoms with Gasteiger partial charge in [0.1, 0.15) is 6.10 Å². The number of aliphatic carboxylic acids is 1. The van der Waals surface area contributed by atoms with Crippen LogP contribution in [0, 0.1) is 11.8 Å². The Labute approximate surface area is 140 Å². The van der Waals surface area contributed by atoms with E-state index in [0.29, 0.717) is 12.8 Å². The molecule has 0 heterocycles. The number of hydrogen-bond donors (Lipinski definition) is 1. The smallest absolute Gasteiger partial charge is 0.310 e. The Morgan fingerprint density at radius 3 is 2.22 bits per heavy atom. The Morgan fingerprint density at radius 2 is 1.61 bits per heavy atom. The molecule has 0 amide bonds. The summed E-state index contributed by atoms with van der Waals surface area (Å²) in [5.74, 6) is -2.39. The van der Waals surface area contributed by atoms with Crippen molar-refractivity contribution in [3.8, 4) is 0 Å². The zero-order valence-electron chi connectivity index (χ0n) is 14.6. The molecule has 0 radical (unpaired) electrons. The highest BCUT2D eigenvalue weighted by Crippen LogP contribution is 2.28. The van der Waals surface area contributed by atoms with E-state index in [2.05, 4.69) is 13.8 Å². The van der Waals surface area contributed by atoms with Crippen LogP contribution in [0.3, 0.4) is 0 Å². The van der Waals surface area contributed by atoms with E-state index in [1.165, 1.54) is 19.3 Å². The van der Waals surface area contributed by atoms with Gasteiger partial charge >= 0.3 is 11.9 Å². The largest absolute Gasteiger partial charge is 0.481 e. The third-order valence-corrected chi connectivity index (χ3v) is 4.59. The molecule has 0 saturated carbocycles. The van der Waals surface area contributed by atoms with Gasteiger partial charge in [0.15, 0.2) is 0 Å². The minimum atomic E-state index is -0.899. The molecule has 0 saturated heterocycles. The summed E-state index contributed by atoms with van der Waals surface area (Å²) in [7, 11) is 0. The predicted molar refractivity (Wildman–Crippen MR) is 91.2 cm³/mol. The van der Waals surface area contributed by atoms with Crippen molar-refractivity contribution in [2.24, 2.45) is 11.8 Å². The van der Waals surface area contributed by atoms with Crippen molar-refractivity contribution >= 4 is 11.9 Å². The number of unbranched alkanes of at least 4 members (excludes halogenated alkanes) is 4. The highest BCUT2D eigenvalue weighted by molar-refractivity contribution is 5.81. The van der Waals surface area contributed by atoms with Crippen molar-refractivity contribution in [1.29, 1.82) is 0 Å². The number of hydrogen-bond acceptors (Lipinski definition) is 3. The minimum Gasteiger partial charge on any atom is -0.481 e. The van der Waals surface area contributed by atoms with Gasteiger partial charge in [-0.1, -0.05) is 58.1 Å². The summed E-state index contributed by atoms with van der Waals surface area (Å²) in [6, 6.07) is 0. The van der Waals surface area contributed by atoms with Crippen LogP contribution in [0.1, 0.15) is 78.1 Å². The zero-order chi connectivity index (χ0) is 17.1. The fourth-order valence-corrected chi connectivity index (χ4v) is 3.09. The Hall–Kier alpha value is -1.32. The molecule has 0 aromatic rings. The number of carboxylic acid groups (broad SMARTS) is 1. The number of allylic oxidation sites excluding steroid dienone is 2. The Kier molecular flexibility index (Phi) is 9.65. The Morgan fingerprint density at radius 1 is 1.00 bits per heavy atom. The molecule has 0 aliphatic heterocycles. The number of carboxylic acids is 1. The molecule has 4 nitrogen and oxygen atoms in total. The van der Waals surface area contributed by atoms with Crippen molar-refractivity contribution in [2.45, 2.75) is 84.2 Å². The molecule has 0 spiro atoms. The first kappa shape index (κ1) is 19.7. The lowest BCUT2D eigenvalue weighted by Crippen LogP contribution is -2.34. The lowest BCUT2D eigenvalue weighted by molar-refractivity contribution is -0.162. The van der Waals surface area contributed by atoms with Gasteiger partial charge in [0, 0.05) is 0 Å². The summed E-state index contributed by atoms with van der Waals surface area (Å²) >= 11 is 0. The van der Waals surface area contributed by atoms with Crippen molar-refractivity contribution in [2.75, 3.05) is 0 Å². The van der Waals surface area contributed by atoms with Crippen molar-refractivity contribution in [3.05, 3.63) is 12.2 Å². The lowest BCUT2D eigenvalue weighted by atomic mass is 9.83. The molecule has 3 atom stereocenters. The number of rotatable bonds is 11. The number of ether oxygens (including phenoxy) is 1. The lowest BCUT2D eigenvalue weighted by Gasteiger charge is -2.26. The van der Waals surface area contributed by atoms with Crippen molar-refractivity contribution in [3.63, 3.8) is 0 Å². The maximum absolute atomic E-state index is 12.5. The third kappa shape index (κ3) is 7.19. The number of esters is 1. The van der Waals surface area contributed by atoms with Crippen molar-refractivity contribution in [1.82, 2.24) is 0 Å². The second-order valence-electron chi connectivity index (χ2n) is 6.54. The monoisotopic (exact) mass is 324 g/mol. The standard InChI is InChI=1S/C19H32O4/c1-3-5-7-8-12-15(11-6-4-2)23-19(22)17-14-10-9-13-16(17)18(20)21/h9-10,15-17H,3-8,11-14H2,1-2H3,(H,20,21). The van der Waals surface area contributed by atoms with E-state index in [1.807, 2.05) is 12.2 Å². The van der Waals surface area contributed by atoms with Crippen LogP contribution in [0.2, 0.25) is 0 Å². The normalized spacial score (nSPS) is 21.8. The van der Waals surface area contributed by atoms with Gasteiger partial charge in [-0.2, -0.15) is 0 Å². The average Bonchev–Trinajstić information content (AvgIpc) is 2.56. The third-order valence-electron chi connectivity index (χ3n) is 4.59. The molecule has 3 unspecified atom stereocenters. The molecule has 0 aromatic heterocycles. The second-order valence-corrected chi connectivity index (χ2v) is 6.54. The first-order valence-corrected chi connectivity index (χ1v) is 9.18. The molecule has 1 N–H and O–H groups in total. The minimum absolute atomic E-state index is 0.0559. The van der Waals surface area contributed by atoms with Crippen LogP contribution in [0.5, 0.6) is 0 Å². The van der Waals surface area contributed by atoms with Crippen LogP contribution < -0.4 is 0 Å². The molecular formula is C19H32O4. The first-order chi connectivity index (χ1) is 11.1. The maximum atomic E-state index is 12.5. The Bertz CT molecular complexity index is 389. The molecule has 1 aliphatic carbocycles. The zero-order valence-corrected chi connectivity index (χ0v) is 14.6. The summed E-state index contributed by atoms with van der Waals surface area (Å²) in [5, 5.41) is 9.29. The highest BCUT2D eigenvalue weighted by Gasteiger charge is 2.35. The van der Waals surface area contributed by atoms with E-state index in [-0.39, 0.29) is 12.1 Å². The van der Waals surface area contributed by atoms with Gasteiger partial charge < -0.3 is 9.84 Å². The molecular weight excluding hydrogens is 292 g/mol. The number of carbonyl (C=O) groups excluding carboxylic acids is 1. The second kappa shape index (κ2) is 11.3. The van der Waals surface area contributed by atoms with E-state index < -0.39 is 17.8 Å². The van der Waals surface area contributed by atoms with E-state index in [1.54, 1.807) is 0 Å². The van der Waals surface area contributed by atoms with E-state index in [4.69, 9.17) is 4.74 Å². The Balaban J connectivity index is 2.56. The summed E-state index contributed by atoms with van der Waals surface area (Å²) in [4.78, 5) is 23.8. The topological polar surface area (TPSA) is 63.6 Å². The quantitative estimate of drug-likeness (QED) is 0.339. The molecule has 0 aromatic carbocycles. The van der Waals surface area contributed by atoms with E-state index >= 15 is 0 Å². The van der Waals surface area contributed by atoms with E-state index in [0.717, 1.165) is 32.1 Å². The number of carbonyl (C=O) groups is 2. The van der Waals surface area contributed by atoms with Gasteiger partial charge in [0.05, 0.1) is 11.8 Å². The fraction of sp³-hybridized carbons (Fsp3) is 0.789. The van der Waals surface area contributed by atoms with E-state index in [9.17, 15) is 14.7 Å². The molecule has 0 fully saturated rings. The summed E-state index contributed by atoms with van der Waals surface area (Å²) in [6.45, 7) is 4.31. The predicted octanol–water partition coefficient (Wildman–Crippen LogP) is 4.73. The van der Waals surface area contributed by atoms with Gasteiger partial charge in [-0.15, -0.1) is 0 Å². The SMILES string of the molecule is CCCCCCC(CCCC)OC(=O)C1CC=CCC1C(=O)O. The van der Waals surface area contributed by atoms with Crippen LogP contribution in [-0.4, -0.2) is 23.1 Å². The van der Waals surface area contributed by atoms with Crippen LogP contribution in [0.25, 0.3) is 0 Å². The maximum Gasteiger partial charge on any atom is 0.310 e. The molecule has 0 bridgehead atoms. The summed E-state index contributed by atoms with van der Waals surface area (Å²) in [5.41, 5.74) is 0. The molecule has 23 heavy (non-hydrogen) atoms. The van der Waals surface area contributed by atoms with Crippen molar-refractivity contribution < 1.29 is 19.4 Å².